The largest absolute Gasteiger partial charge is 0.493 e. The van der Waals surface area contributed by atoms with Gasteiger partial charge in [-0.3, -0.25) is 4.79 Å². The Labute approximate surface area is 151 Å². The van der Waals surface area contributed by atoms with Crippen LogP contribution in [0.4, 0.5) is 4.39 Å². The molecule has 1 fully saturated rings. The van der Waals surface area contributed by atoms with Crippen LogP contribution in [0.15, 0.2) is 33.7 Å². The van der Waals surface area contributed by atoms with Gasteiger partial charge in [0.2, 0.25) is 0 Å². The summed E-state index contributed by atoms with van der Waals surface area (Å²) >= 11 is 1.73. The van der Waals surface area contributed by atoms with Crippen LogP contribution in [-0.2, 0) is 14.3 Å². The lowest BCUT2D eigenvalue weighted by atomic mass is 9.94. The number of thioether (sulfide) groups is 1. The molecule has 7 heteroatoms. The highest BCUT2D eigenvalue weighted by atomic mass is 32.2. The maximum Gasteiger partial charge on any atom is 0.263 e. The van der Waals surface area contributed by atoms with Crippen molar-refractivity contribution in [3.63, 3.8) is 0 Å². The predicted molar refractivity (Wildman–Crippen MR) is 97.7 cm³/mol. The van der Waals surface area contributed by atoms with Crippen LogP contribution in [0, 0.1) is 11.8 Å². The average molecular weight is 366 g/mol. The first-order valence-electron chi connectivity index (χ1n) is 8.64. The SMILES string of the molecule is CC(C)COC1=CC2=NC(CSC3CCOCC3)=NC(=O)C2C(F)=C1. The summed E-state index contributed by atoms with van der Waals surface area (Å²) in [5.74, 6) is -0.297. The normalized spacial score (nSPS) is 24.3. The van der Waals surface area contributed by atoms with Gasteiger partial charge in [0.05, 0.1) is 18.1 Å². The van der Waals surface area contributed by atoms with Crippen molar-refractivity contribution in [2.24, 2.45) is 21.8 Å². The second-order valence-electron chi connectivity index (χ2n) is 6.74. The number of ether oxygens (including phenoxy) is 2. The van der Waals surface area contributed by atoms with E-state index in [0.717, 1.165) is 26.1 Å². The Bertz CT molecular complexity index is 649. The van der Waals surface area contributed by atoms with Gasteiger partial charge in [-0.2, -0.15) is 16.8 Å². The van der Waals surface area contributed by atoms with E-state index in [1.54, 1.807) is 17.8 Å². The molecule has 2 aliphatic heterocycles. The van der Waals surface area contributed by atoms with Gasteiger partial charge < -0.3 is 9.47 Å². The number of amidine groups is 1. The first-order valence-corrected chi connectivity index (χ1v) is 9.68. The molecule has 0 N–H and O–H groups in total. The van der Waals surface area contributed by atoms with Crippen molar-refractivity contribution in [3.05, 3.63) is 23.7 Å². The van der Waals surface area contributed by atoms with Crippen LogP contribution < -0.4 is 0 Å². The highest BCUT2D eigenvalue weighted by Gasteiger charge is 2.35. The third kappa shape index (κ3) is 4.79. The lowest BCUT2D eigenvalue weighted by Crippen LogP contribution is -2.31. The monoisotopic (exact) mass is 366 g/mol. The van der Waals surface area contributed by atoms with Crippen LogP contribution in [0.3, 0.4) is 0 Å². The van der Waals surface area contributed by atoms with E-state index in [9.17, 15) is 9.18 Å². The number of aliphatic imine (C=N–C) groups is 2. The Kier molecular flexibility index (Phi) is 6.06. The van der Waals surface area contributed by atoms with Crippen LogP contribution in [0.1, 0.15) is 26.7 Å². The molecule has 0 aromatic carbocycles. The zero-order chi connectivity index (χ0) is 17.8. The van der Waals surface area contributed by atoms with Gasteiger partial charge in [0, 0.05) is 30.6 Å². The Balaban J connectivity index is 1.68. The van der Waals surface area contributed by atoms with Crippen LogP contribution in [0.2, 0.25) is 0 Å². The van der Waals surface area contributed by atoms with Crippen molar-refractivity contribution in [1.29, 1.82) is 0 Å². The number of hydrogen-bond donors (Lipinski definition) is 0. The molecular formula is C18H23FN2O3S. The topological polar surface area (TPSA) is 60.2 Å². The van der Waals surface area contributed by atoms with E-state index >= 15 is 0 Å². The molecule has 136 valence electrons. The van der Waals surface area contributed by atoms with Crippen LogP contribution in [0.25, 0.3) is 0 Å². The number of fused-ring (bicyclic) bond motifs is 1. The lowest BCUT2D eigenvalue weighted by Gasteiger charge is -2.24. The highest BCUT2D eigenvalue weighted by Crippen LogP contribution is 2.29. The third-order valence-corrected chi connectivity index (χ3v) is 5.45. The number of carbonyl (C=O) groups is 1. The zero-order valence-electron chi connectivity index (χ0n) is 14.5. The standard InChI is InChI=1S/C18H23FN2O3S/c1-11(2)9-24-12-7-14(19)17-15(8-12)20-16(21-18(17)22)10-25-13-3-5-23-6-4-13/h7-8,11,13,17H,3-6,9-10H2,1-2H3. The van der Waals surface area contributed by atoms with Crippen LogP contribution >= 0.6 is 11.8 Å². The summed E-state index contributed by atoms with van der Waals surface area (Å²) in [6.45, 7) is 6.07. The van der Waals surface area contributed by atoms with Crippen LogP contribution in [-0.4, -0.2) is 48.3 Å². The molecule has 0 radical (unpaired) electrons. The number of carbonyl (C=O) groups excluding carboxylic acids is 1. The lowest BCUT2D eigenvalue weighted by molar-refractivity contribution is -0.119. The number of amides is 1. The van der Waals surface area contributed by atoms with Crippen molar-refractivity contribution in [2.45, 2.75) is 31.9 Å². The van der Waals surface area contributed by atoms with E-state index < -0.39 is 17.7 Å². The minimum absolute atomic E-state index is 0.331. The number of nitrogens with zero attached hydrogens (tertiary/aromatic N) is 2. The molecule has 0 aromatic heterocycles. The molecule has 0 bridgehead atoms. The van der Waals surface area contributed by atoms with Crippen molar-refractivity contribution < 1.29 is 18.7 Å². The molecule has 25 heavy (non-hydrogen) atoms. The minimum atomic E-state index is -1.01. The molecular weight excluding hydrogens is 343 g/mol. The summed E-state index contributed by atoms with van der Waals surface area (Å²) in [7, 11) is 0. The summed E-state index contributed by atoms with van der Waals surface area (Å²) in [4.78, 5) is 20.6. The van der Waals surface area contributed by atoms with Crippen molar-refractivity contribution in [2.75, 3.05) is 25.6 Å². The Morgan fingerprint density at radius 1 is 1.32 bits per heavy atom. The summed E-state index contributed by atoms with van der Waals surface area (Å²) in [6.07, 6.45) is 4.91. The molecule has 1 atom stereocenters. The highest BCUT2D eigenvalue weighted by molar-refractivity contribution is 8.00. The Morgan fingerprint density at radius 2 is 2.08 bits per heavy atom. The second kappa shape index (κ2) is 8.27. The molecule has 1 aliphatic carbocycles. The van der Waals surface area contributed by atoms with Crippen molar-refractivity contribution in [1.82, 2.24) is 0 Å². The van der Waals surface area contributed by atoms with E-state index in [1.807, 2.05) is 13.8 Å². The quantitative estimate of drug-likeness (QED) is 0.723. The molecule has 3 rings (SSSR count). The molecule has 0 aromatic rings. The molecule has 5 nitrogen and oxygen atoms in total. The summed E-state index contributed by atoms with van der Waals surface area (Å²) in [6, 6.07) is 0. The fraction of sp³-hybridized carbons (Fsp3) is 0.611. The van der Waals surface area contributed by atoms with E-state index in [-0.39, 0.29) is 0 Å². The maximum atomic E-state index is 14.3. The molecule has 3 aliphatic rings. The zero-order valence-corrected chi connectivity index (χ0v) is 15.4. The molecule has 1 saturated heterocycles. The summed E-state index contributed by atoms with van der Waals surface area (Å²) in [5.41, 5.74) is 0.390. The fourth-order valence-corrected chi connectivity index (χ4v) is 3.82. The molecule has 0 saturated carbocycles. The van der Waals surface area contributed by atoms with Gasteiger partial charge in [0.1, 0.15) is 23.3 Å². The first kappa shape index (κ1) is 18.3. The van der Waals surface area contributed by atoms with Gasteiger partial charge in [-0.25, -0.2) is 9.38 Å². The molecule has 1 amide bonds. The van der Waals surface area contributed by atoms with Crippen molar-refractivity contribution >= 4 is 29.2 Å². The van der Waals surface area contributed by atoms with E-state index in [4.69, 9.17) is 9.47 Å². The van der Waals surface area contributed by atoms with E-state index in [1.165, 1.54) is 6.08 Å². The number of hydrogen-bond acceptors (Lipinski definition) is 5. The smallest absolute Gasteiger partial charge is 0.263 e. The van der Waals surface area contributed by atoms with Gasteiger partial charge in [0.25, 0.3) is 5.91 Å². The number of halogens is 1. The second-order valence-corrected chi connectivity index (χ2v) is 8.03. The van der Waals surface area contributed by atoms with E-state index in [2.05, 4.69) is 9.98 Å². The van der Waals surface area contributed by atoms with Crippen LogP contribution in [0.5, 0.6) is 0 Å². The van der Waals surface area contributed by atoms with E-state index in [0.29, 0.717) is 40.8 Å². The maximum absolute atomic E-state index is 14.3. The minimum Gasteiger partial charge on any atom is -0.493 e. The first-order chi connectivity index (χ1) is 12.0. The summed E-state index contributed by atoms with van der Waals surface area (Å²) in [5, 5.41) is 0.493. The molecule has 2 heterocycles. The number of allylic oxidation sites excluding steroid dienone is 2. The van der Waals surface area contributed by atoms with Gasteiger partial charge >= 0.3 is 0 Å². The molecule has 0 spiro atoms. The Hall–Kier alpha value is -1.47. The molecule has 1 unspecified atom stereocenters. The third-order valence-electron chi connectivity index (χ3n) is 4.09. The predicted octanol–water partition coefficient (Wildman–Crippen LogP) is 3.32. The van der Waals surface area contributed by atoms with Gasteiger partial charge in [-0.1, -0.05) is 13.8 Å². The van der Waals surface area contributed by atoms with Gasteiger partial charge in [0.15, 0.2) is 0 Å². The summed E-state index contributed by atoms with van der Waals surface area (Å²) < 4.78 is 25.2. The fourth-order valence-electron chi connectivity index (χ4n) is 2.78. The average Bonchev–Trinajstić information content (AvgIpc) is 2.58. The number of rotatable bonds is 6. The van der Waals surface area contributed by atoms with Gasteiger partial charge in [-0.05, 0) is 18.8 Å². The van der Waals surface area contributed by atoms with Gasteiger partial charge in [-0.15, -0.1) is 0 Å². The Morgan fingerprint density at radius 3 is 2.80 bits per heavy atom. The van der Waals surface area contributed by atoms with Crippen molar-refractivity contribution in [3.8, 4) is 0 Å².